The number of halogens is 4. The zero-order valence-corrected chi connectivity index (χ0v) is 12.5. The van der Waals surface area contributed by atoms with Gasteiger partial charge in [0.25, 0.3) is 0 Å². The number of nitrogens with one attached hydrogen (secondary N) is 1. The molecule has 110 valence electrons. The van der Waals surface area contributed by atoms with Crippen molar-refractivity contribution in [3.05, 3.63) is 22.3 Å². The van der Waals surface area contributed by atoms with Crippen molar-refractivity contribution < 1.29 is 13.2 Å². The monoisotopic (exact) mass is 349 g/mol. The van der Waals surface area contributed by atoms with Gasteiger partial charge in [-0.3, -0.25) is 0 Å². The molecule has 1 N–H and O–H groups in total. The molecule has 3 heterocycles. The van der Waals surface area contributed by atoms with E-state index in [1.165, 1.54) is 6.20 Å². The molecule has 0 radical (unpaired) electrons. The van der Waals surface area contributed by atoms with Gasteiger partial charge < -0.3 is 10.2 Å². The van der Waals surface area contributed by atoms with Crippen molar-refractivity contribution in [1.82, 2.24) is 10.3 Å². The van der Waals surface area contributed by atoms with Gasteiger partial charge in [-0.15, -0.1) is 0 Å². The van der Waals surface area contributed by atoms with Gasteiger partial charge in [-0.2, -0.15) is 13.2 Å². The first-order chi connectivity index (χ1) is 9.38. The van der Waals surface area contributed by atoms with Crippen LogP contribution >= 0.6 is 15.9 Å². The smallest absolute Gasteiger partial charge is 0.353 e. The summed E-state index contributed by atoms with van der Waals surface area (Å²) < 4.78 is 39.9. The molecule has 1 aromatic rings. The van der Waals surface area contributed by atoms with Crippen LogP contribution in [-0.4, -0.2) is 30.7 Å². The van der Waals surface area contributed by atoms with E-state index in [2.05, 4.69) is 26.2 Å². The minimum atomic E-state index is -4.39. The van der Waals surface area contributed by atoms with Crippen LogP contribution in [0, 0.1) is 11.8 Å². The third-order valence-corrected chi connectivity index (χ3v) is 4.78. The van der Waals surface area contributed by atoms with E-state index in [0.717, 1.165) is 19.2 Å². The summed E-state index contributed by atoms with van der Waals surface area (Å²) in [5.74, 6) is 0.876. The molecule has 2 fully saturated rings. The fraction of sp³-hybridized carbons (Fsp3) is 0.615. The van der Waals surface area contributed by atoms with Gasteiger partial charge in [-0.25, -0.2) is 4.98 Å². The Morgan fingerprint density at radius 2 is 2.15 bits per heavy atom. The Bertz CT molecular complexity index is 520. The molecule has 3 atom stereocenters. The van der Waals surface area contributed by atoms with Crippen molar-refractivity contribution in [2.45, 2.75) is 19.1 Å². The molecule has 2 aliphatic heterocycles. The van der Waals surface area contributed by atoms with Crippen LogP contribution in [0.3, 0.4) is 0 Å². The van der Waals surface area contributed by atoms with Gasteiger partial charge in [0.15, 0.2) is 0 Å². The summed E-state index contributed by atoms with van der Waals surface area (Å²) in [7, 11) is 0. The number of aromatic nitrogens is 1. The molecule has 7 heteroatoms. The first-order valence-corrected chi connectivity index (χ1v) is 7.37. The van der Waals surface area contributed by atoms with Crippen LogP contribution in [0.15, 0.2) is 16.7 Å². The summed E-state index contributed by atoms with van der Waals surface area (Å²) in [6.07, 6.45) is -2.95. The Kier molecular flexibility index (Phi) is 3.44. The Morgan fingerprint density at radius 3 is 2.80 bits per heavy atom. The molecule has 0 bridgehead atoms. The molecule has 0 aromatic carbocycles. The van der Waals surface area contributed by atoms with Crippen LogP contribution in [-0.2, 0) is 6.18 Å². The molecule has 0 aliphatic carbocycles. The molecule has 2 saturated heterocycles. The first kappa shape index (κ1) is 14.1. The fourth-order valence-electron chi connectivity index (χ4n) is 3.32. The highest BCUT2D eigenvalue weighted by atomic mass is 79.9. The van der Waals surface area contributed by atoms with Crippen LogP contribution in [0.2, 0.25) is 0 Å². The quantitative estimate of drug-likeness (QED) is 0.844. The maximum atomic E-state index is 13.2. The lowest BCUT2D eigenvalue weighted by atomic mass is 9.95. The average Bonchev–Trinajstić information content (AvgIpc) is 2.92. The second-order valence-electron chi connectivity index (χ2n) is 5.50. The average molecular weight is 350 g/mol. The van der Waals surface area contributed by atoms with E-state index >= 15 is 0 Å². The van der Waals surface area contributed by atoms with Crippen LogP contribution in [0.1, 0.15) is 12.5 Å². The predicted molar refractivity (Wildman–Crippen MR) is 73.6 cm³/mol. The summed E-state index contributed by atoms with van der Waals surface area (Å²) >= 11 is 3.07. The van der Waals surface area contributed by atoms with E-state index in [4.69, 9.17) is 0 Å². The zero-order chi connectivity index (χ0) is 14.5. The van der Waals surface area contributed by atoms with Crippen molar-refractivity contribution in [3.63, 3.8) is 0 Å². The number of hydrogen-bond acceptors (Lipinski definition) is 3. The summed E-state index contributed by atoms with van der Waals surface area (Å²) in [6.45, 7) is 4.38. The molecule has 20 heavy (non-hydrogen) atoms. The Balaban J connectivity index is 1.99. The van der Waals surface area contributed by atoms with Crippen molar-refractivity contribution in [2.75, 3.05) is 24.5 Å². The Morgan fingerprint density at radius 1 is 1.40 bits per heavy atom. The highest BCUT2D eigenvalue weighted by Crippen LogP contribution is 2.41. The number of anilines is 1. The van der Waals surface area contributed by atoms with E-state index in [-0.39, 0.29) is 11.9 Å². The van der Waals surface area contributed by atoms with Crippen LogP contribution in [0.4, 0.5) is 19.0 Å². The molecule has 3 nitrogen and oxygen atoms in total. The maximum absolute atomic E-state index is 13.2. The lowest BCUT2D eigenvalue weighted by Gasteiger charge is -2.28. The second kappa shape index (κ2) is 4.87. The highest BCUT2D eigenvalue weighted by Gasteiger charge is 2.45. The molecular weight excluding hydrogens is 335 g/mol. The van der Waals surface area contributed by atoms with Gasteiger partial charge in [-0.1, -0.05) is 0 Å². The zero-order valence-electron chi connectivity index (χ0n) is 10.9. The Hall–Kier alpha value is -0.820. The molecule has 3 unspecified atom stereocenters. The Labute approximate surface area is 123 Å². The maximum Gasteiger partial charge on any atom is 0.419 e. The number of alkyl halides is 3. The van der Waals surface area contributed by atoms with E-state index in [1.54, 1.807) is 0 Å². The lowest BCUT2D eigenvalue weighted by molar-refractivity contribution is -0.137. The number of nitrogens with zero attached hydrogens (tertiary/aromatic N) is 2. The van der Waals surface area contributed by atoms with Gasteiger partial charge >= 0.3 is 6.18 Å². The van der Waals surface area contributed by atoms with Crippen LogP contribution in [0.25, 0.3) is 0 Å². The van der Waals surface area contributed by atoms with E-state index in [9.17, 15) is 13.2 Å². The standard InChI is InChI=1S/C13H15BrF3N3/c1-7-10-5-18-3-8(10)6-20(7)12-11(13(15,16)17)2-9(14)4-19-12/h2,4,7-8,10,18H,3,5-6H2,1H3. The number of fused-ring (bicyclic) bond motifs is 1. The number of pyridine rings is 1. The first-order valence-electron chi connectivity index (χ1n) is 6.58. The molecule has 0 spiro atoms. The van der Waals surface area contributed by atoms with Gasteiger partial charge in [0.05, 0.1) is 5.56 Å². The van der Waals surface area contributed by atoms with Gasteiger partial charge in [-0.05, 0) is 40.8 Å². The van der Waals surface area contributed by atoms with Gasteiger partial charge in [0.2, 0.25) is 0 Å². The fourth-order valence-corrected chi connectivity index (χ4v) is 3.65. The van der Waals surface area contributed by atoms with Crippen LogP contribution < -0.4 is 10.2 Å². The lowest BCUT2D eigenvalue weighted by Crippen LogP contribution is -2.35. The topological polar surface area (TPSA) is 28.2 Å². The minimum Gasteiger partial charge on any atom is -0.353 e. The van der Waals surface area contributed by atoms with Crippen molar-refractivity contribution in [3.8, 4) is 0 Å². The molecule has 1 aromatic heterocycles. The third-order valence-electron chi connectivity index (χ3n) is 4.35. The van der Waals surface area contributed by atoms with Crippen LogP contribution in [0.5, 0.6) is 0 Å². The summed E-state index contributed by atoms with van der Waals surface area (Å²) in [6, 6.07) is 1.19. The third kappa shape index (κ3) is 2.30. The molecular formula is C13H15BrF3N3. The predicted octanol–water partition coefficient (Wildman–Crippen LogP) is 2.91. The number of hydrogen-bond donors (Lipinski definition) is 1. The van der Waals surface area contributed by atoms with Crippen molar-refractivity contribution >= 4 is 21.7 Å². The summed E-state index contributed by atoms with van der Waals surface area (Å²) in [5.41, 5.74) is -0.661. The highest BCUT2D eigenvalue weighted by molar-refractivity contribution is 9.10. The molecule has 0 amide bonds. The normalized spacial score (nSPS) is 29.9. The molecule has 3 rings (SSSR count). The number of rotatable bonds is 1. The van der Waals surface area contributed by atoms with E-state index in [0.29, 0.717) is 22.9 Å². The minimum absolute atomic E-state index is 0.0580. The van der Waals surface area contributed by atoms with Crippen molar-refractivity contribution in [1.29, 1.82) is 0 Å². The summed E-state index contributed by atoms with van der Waals surface area (Å²) in [4.78, 5) is 5.85. The van der Waals surface area contributed by atoms with Gasteiger partial charge in [0, 0.05) is 36.3 Å². The van der Waals surface area contributed by atoms with E-state index < -0.39 is 11.7 Å². The van der Waals surface area contributed by atoms with Crippen molar-refractivity contribution in [2.24, 2.45) is 11.8 Å². The second-order valence-corrected chi connectivity index (χ2v) is 6.41. The largest absolute Gasteiger partial charge is 0.419 e. The molecule has 0 saturated carbocycles. The summed E-state index contributed by atoms with van der Waals surface area (Å²) in [5, 5.41) is 3.30. The van der Waals surface area contributed by atoms with E-state index in [1.807, 2.05) is 11.8 Å². The SMILES string of the molecule is CC1C2CNCC2CN1c1ncc(Br)cc1C(F)(F)F. The van der Waals surface area contributed by atoms with Gasteiger partial charge in [0.1, 0.15) is 5.82 Å². The molecule has 2 aliphatic rings.